The molecule has 0 aromatic heterocycles. The zero-order valence-electron chi connectivity index (χ0n) is 12.9. The highest BCUT2D eigenvalue weighted by Crippen LogP contribution is 2.32. The fourth-order valence-corrected chi connectivity index (χ4v) is 3.35. The largest absolute Gasteiger partial charge is 0.388 e. The molecule has 2 aromatic rings. The lowest BCUT2D eigenvalue weighted by Crippen LogP contribution is -2.29. The van der Waals surface area contributed by atoms with Gasteiger partial charge in [0.2, 0.25) is 0 Å². The first-order chi connectivity index (χ1) is 11.2. The average molecular weight is 324 g/mol. The van der Waals surface area contributed by atoms with Crippen LogP contribution in [0.1, 0.15) is 30.1 Å². The van der Waals surface area contributed by atoms with Crippen LogP contribution >= 0.6 is 12.8 Å². The zero-order valence-corrected chi connectivity index (χ0v) is 13.8. The van der Waals surface area contributed by atoms with Gasteiger partial charge >= 0.3 is 0 Å². The van der Waals surface area contributed by atoms with Gasteiger partial charge in [-0.15, -0.1) is 0 Å². The van der Waals surface area contributed by atoms with E-state index in [1.807, 2.05) is 46.8 Å². The molecule has 23 heavy (non-hydrogen) atoms. The number of hydrogen-bond donors (Lipinski definition) is 2. The maximum atomic E-state index is 10.6. The van der Waals surface area contributed by atoms with Gasteiger partial charge in [0.25, 0.3) is 0 Å². The van der Waals surface area contributed by atoms with Crippen molar-refractivity contribution in [3.63, 3.8) is 0 Å². The van der Waals surface area contributed by atoms with Crippen LogP contribution in [0.25, 0.3) is 11.1 Å². The van der Waals surface area contributed by atoms with E-state index in [2.05, 4.69) is 18.9 Å². The van der Waals surface area contributed by atoms with Crippen LogP contribution in [-0.4, -0.2) is 22.5 Å². The summed E-state index contributed by atoms with van der Waals surface area (Å²) in [6, 6.07) is 17.8. The summed E-state index contributed by atoms with van der Waals surface area (Å²) in [6.45, 7) is 1.84. The van der Waals surface area contributed by atoms with E-state index in [1.165, 1.54) is 0 Å². The molecule has 1 saturated heterocycles. The molecule has 1 N–H and O–H groups in total. The first-order valence-electron chi connectivity index (χ1n) is 7.90. The second-order valence-corrected chi connectivity index (χ2v) is 6.62. The monoisotopic (exact) mass is 324 g/mol. The van der Waals surface area contributed by atoms with Crippen LogP contribution in [0.2, 0.25) is 0 Å². The Labute approximate surface area is 142 Å². The van der Waals surface area contributed by atoms with Gasteiger partial charge in [-0.1, -0.05) is 49.2 Å². The number of aliphatic hydroxyl groups excluding tert-OH is 1. The van der Waals surface area contributed by atoms with Gasteiger partial charge in [-0.3, -0.25) is 4.31 Å². The predicted octanol–water partition coefficient (Wildman–Crippen LogP) is 3.82. The van der Waals surface area contributed by atoms with Crippen LogP contribution < -0.4 is 0 Å². The van der Waals surface area contributed by atoms with Crippen LogP contribution in [0.5, 0.6) is 0 Å². The molecule has 1 fully saturated rings. The van der Waals surface area contributed by atoms with E-state index in [0.717, 1.165) is 42.6 Å². The first-order valence-corrected chi connectivity index (χ1v) is 8.30. The quantitative estimate of drug-likeness (QED) is 0.844. The van der Waals surface area contributed by atoms with Gasteiger partial charge in [0.1, 0.15) is 0 Å². The summed E-state index contributed by atoms with van der Waals surface area (Å²) in [6.07, 6.45) is 1.52. The highest BCUT2D eigenvalue weighted by Gasteiger charge is 2.25. The lowest BCUT2D eigenvalue weighted by Gasteiger charge is -2.31. The third-order valence-electron chi connectivity index (χ3n) is 4.54. The molecule has 0 spiro atoms. The van der Waals surface area contributed by atoms with E-state index in [0.29, 0.717) is 11.5 Å². The Morgan fingerprint density at radius 2 is 1.78 bits per heavy atom. The smallest absolute Gasteiger partial charge is 0.0991 e. The molecule has 0 amide bonds. The molecule has 0 aliphatic carbocycles. The molecule has 3 nitrogen and oxygen atoms in total. The third-order valence-corrected chi connectivity index (χ3v) is 4.94. The molecule has 1 atom stereocenters. The fourth-order valence-electron chi connectivity index (χ4n) is 3.11. The van der Waals surface area contributed by atoms with Crippen LogP contribution in [-0.2, 0) is 0 Å². The number of piperidine rings is 1. The maximum Gasteiger partial charge on any atom is 0.0991 e. The van der Waals surface area contributed by atoms with Crippen molar-refractivity contribution in [3.8, 4) is 17.2 Å². The van der Waals surface area contributed by atoms with E-state index in [-0.39, 0.29) is 0 Å². The fraction of sp³-hybridized carbons (Fsp3) is 0.316. The summed E-state index contributed by atoms with van der Waals surface area (Å²) in [5.74, 6) is 0.297. The SMILES string of the molecule is N#Cc1cccc(-c2ccc(C(O)C3CCN(S)CC3)cc2)c1. The predicted molar refractivity (Wildman–Crippen MR) is 94.8 cm³/mol. The molecular weight excluding hydrogens is 304 g/mol. The Kier molecular flexibility index (Phi) is 5.02. The minimum atomic E-state index is -0.420. The van der Waals surface area contributed by atoms with E-state index in [1.54, 1.807) is 6.07 Å². The van der Waals surface area contributed by atoms with Crippen molar-refractivity contribution in [1.29, 1.82) is 5.26 Å². The van der Waals surface area contributed by atoms with Crippen molar-refractivity contribution >= 4 is 12.8 Å². The van der Waals surface area contributed by atoms with E-state index < -0.39 is 6.10 Å². The van der Waals surface area contributed by atoms with E-state index in [4.69, 9.17) is 5.26 Å². The van der Waals surface area contributed by atoms with Crippen molar-refractivity contribution in [2.24, 2.45) is 5.92 Å². The highest BCUT2D eigenvalue weighted by atomic mass is 32.1. The zero-order chi connectivity index (χ0) is 16.2. The Balaban J connectivity index is 1.75. The van der Waals surface area contributed by atoms with Gasteiger partial charge in [-0.2, -0.15) is 5.26 Å². The van der Waals surface area contributed by atoms with Crippen molar-refractivity contribution in [2.45, 2.75) is 18.9 Å². The van der Waals surface area contributed by atoms with Crippen molar-refractivity contribution in [2.75, 3.05) is 13.1 Å². The molecule has 1 heterocycles. The molecule has 0 bridgehead atoms. The van der Waals surface area contributed by atoms with Crippen molar-refractivity contribution in [3.05, 3.63) is 59.7 Å². The summed E-state index contributed by atoms with van der Waals surface area (Å²) in [7, 11) is 0. The normalized spacial score (nSPS) is 17.6. The molecule has 0 radical (unpaired) electrons. The molecule has 1 aliphatic heterocycles. The van der Waals surface area contributed by atoms with Crippen molar-refractivity contribution < 1.29 is 5.11 Å². The van der Waals surface area contributed by atoms with Crippen LogP contribution in [0.3, 0.4) is 0 Å². The number of benzene rings is 2. The average Bonchev–Trinajstić information content (AvgIpc) is 2.62. The van der Waals surface area contributed by atoms with Gasteiger partial charge in [-0.25, -0.2) is 0 Å². The lowest BCUT2D eigenvalue weighted by atomic mass is 9.87. The Bertz CT molecular complexity index is 700. The Hall–Kier alpha value is -1.80. The summed E-state index contributed by atoms with van der Waals surface area (Å²) in [5.41, 5.74) is 3.70. The number of thiol groups is 1. The minimum absolute atomic E-state index is 0.297. The van der Waals surface area contributed by atoms with Crippen LogP contribution in [0, 0.1) is 17.2 Å². The molecule has 4 heteroatoms. The van der Waals surface area contributed by atoms with E-state index >= 15 is 0 Å². The number of aliphatic hydroxyl groups is 1. The molecular formula is C19H20N2OS. The molecule has 3 rings (SSSR count). The van der Waals surface area contributed by atoms with Gasteiger partial charge in [-0.05, 0) is 47.6 Å². The topological polar surface area (TPSA) is 47.3 Å². The molecule has 0 saturated carbocycles. The number of hydrogen-bond acceptors (Lipinski definition) is 4. The van der Waals surface area contributed by atoms with Crippen LogP contribution in [0.4, 0.5) is 0 Å². The second-order valence-electron chi connectivity index (χ2n) is 6.05. The maximum absolute atomic E-state index is 10.6. The first kappa shape index (κ1) is 16.1. The summed E-state index contributed by atoms with van der Waals surface area (Å²) in [5, 5.41) is 19.6. The van der Waals surface area contributed by atoms with Gasteiger partial charge in [0.15, 0.2) is 0 Å². The van der Waals surface area contributed by atoms with Crippen molar-refractivity contribution in [1.82, 2.24) is 4.31 Å². The van der Waals surface area contributed by atoms with Gasteiger partial charge < -0.3 is 5.11 Å². The van der Waals surface area contributed by atoms with Crippen LogP contribution in [0.15, 0.2) is 48.5 Å². The molecule has 118 valence electrons. The number of nitrogens with zero attached hydrogens (tertiary/aromatic N) is 2. The molecule has 1 aliphatic rings. The number of nitriles is 1. The molecule has 2 aromatic carbocycles. The summed E-state index contributed by atoms with van der Waals surface area (Å²) >= 11 is 4.36. The highest BCUT2D eigenvalue weighted by molar-refractivity contribution is 7.77. The van der Waals surface area contributed by atoms with E-state index in [9.17, 15) is 5.11 Å². The third kappa shape index (κ3) is 3.76. The number of rotatable bonds is 3. The molecule has 1 unspecified atom stereocenters. The van der Waals surface area contributed by atoms with Gasteiger partial charge in [0, 0.05) is 13.1 Å². The van der Waals surface area contributed by atoms with Gasteiger partial charge in [0.05, 0.1) is 17.7 Å². The lowest BCUT2D eigenvalue weighted by molar-refractivity contribution is 0.0781. The summed E-state index contributed by atoms with van der Waals surface area (Å²) < 4.78 is 2.01. The standard InChI is InChI=1S/C19H20N2OS/c20-13-14-2-1-3-18(12-14)15-4-6-16(7-5-15)19(22)17-8-10-21(23)11-9-17/h1-7,12,17,19,22-23H,8-11H2. The second kappa shape index (κ2) is 7.18. The summed E-state index contributed by atoms with van der Waals surface area (Å²) in [4.78, 5) is 0. The Morgan fingerprint density at radius 1 is 1.09 bits per heavy atom. The Morgan fingerprint density at radius 3 is 2.43 bits per heavy atom. The minimum Gasteiger partial charge on any atom is -0.388 e.